The summed E-state index contributed by atoms with van der Waals surface area (Å²) in [5.41, 5.74) is -1.96. The van der Waals surface area contributed by atoms with Crippen LogP contribution in [0.2, 0.25) is 5.02 Å². The van der Waals surface area contributed by atoms with Gasteiger partial charge in [0, 0.05) is 10.6 Å². The number of alkyl carbamates (subject to hydrolysis) is 1. The monoisotopic (exact) mass is 341 g/mol. The fourth-order valence-corrected chi connectivity index (χ4v) is 2.71. The largest absolute Gasteiger partial charge is 0.444 e. The Kier molecular flexibility index (Phi) is 4.98. The lowest BCUT2D eigenvalue weighted by Crippen LogP contribution is -2.62. The summed E-state index contributed by atoms with van der Waals surface area (Å²) in [6.07, 6.45) is -2.14. The van der Waals surface area contributed by atoms with Crippen LogP contribution < -0.4 is 5.32 Å². The topological polar surface area (TPSA) is 84.9 Å². The molecule has 2 N–H and O–H groups in total. The van der Waals surface area contributed by atoms with Crippen molar-refractivity contribution < 1.29 is 24.2 Å². The maximum Gasteiger partial charge on any atom is 0.408 e. The Balaban J connectivity index is 2.42. The fourth-order valence-electron chi connectivity index (χ4n) is 2.42. The van der Waals surface area contributed by atoms with Gasteiger partial charge in [0.05, 0.1) is 13.2 Å². The van der Waals surface area contributed by atoms with Crippen LogP contribution in [0.25, 0.3) is 0 Å². The van der Waals surface area contributed by atoms with Gasteiger partial charge in [0.15, 0.2) is 11.3 Å². The van der Waals surface area contributed by atoms with E-state index in [-0.39, 0.29) is 18.2 Å². The number of ketones is 1. The Bertz CT molecular complexity index is 613. The van der Waals surface area contributed by atoms with Crippen molar-refractivity contribution >= 4 is 23.5 Å². The number of amides is 1. The molecule has 0 aromatic heterocycles. The van der Waals surface area contributed by atoms with Crippen molar-refractivity contribution in [2.75, 3.05) is 13.2 Å². The number of nitrogens with one attached hydrogen (secondary N) is 1. The minimum atomic E-state index is -1.58. The van der Waals surface area contributed by atoms with Gasteiger partial charge in [0.2, 0.25) is 0 Å². The summed E-state index contributed by atoms with van der Waals surface area (Å²) < 4.78 is 10.5. The Morgan fingerprint density at radius 1 is 1.43 bits per heavy atom. The van der Waals surface area contributed by atoms with Gasteiger partial charge in [-0.2, -0.15) is 0 Å². The molecule has 0 spiro atoms. The van der Waals surface area contributed by atoms with Gasteiger partial charge >= 0.3 is 6.09 Å². The van der Waals surface area contributed by atoms with Gasteiger partial charge in [-0.3, -0.25) is 4.79 Å². The van der Waals surface area contributed by atoms with E-state index in [1.165, 1.54) is 0 Å². The molecule has 0 aliphatic carbocycles. The first-order valence-corrected chi connectivity index (χ1v) is 7.60. The highest BCUT2D eigenvalue weighted by atomic mass is 35.5. The maximum atomic E-state index is 12.6. The summed E-state index contributed by atoms with van der Waals surface area (Å²) in [6.45, 7) is 4.88. The second-order valence-corrected chi connectivity index (χ2v) is 6.81. The number of carbonyl (C=O) groups is 2. The number of hydrogen-bond acceptors (Lipinski definition) is 5. The molecule has 0 bridgehead atoms. The van der Waals surface area contributed by atoms with Crippen molar-refractivity contribution in [1.82, 2.24) is 5.32 Å². The van der Waals surface area contributed by atoms with E-state index >= 15 is 0 Å². The van der Waals surface area contributed by atoms with Gasteiger partial charge in [-0.1, -0.05) is 29.8 Å². The van der Waals surface area contributed by atoms with E-state index in [2.05, 4.69) is 5.32 Å². The van der Waals surface area contributed by atoms with Crippen LogP contribution in [0, 0.1) is 0 Å². The summed E-state index contributed by atoms with van der Waals surface area (Å²) in [6, 6.07) is 6.61. The summed E-state index contributed by atoms with van der Waals surface area (Å²) in [5.74, 6) is -0.581. The number of halogens is 1. The summed E-state index contributed by atoms with van der Waals surface area (Å²) in [4.78, 5) is 24.8. The highest BCUT2D eigenvalue weighted by Gasteiger charge is 2.49. The molecular formula is C16H20ClNO5. The van der Waals surface area contributed by atoms with Crippen molar-refractivity contribution in [3.63, 3.8) is 0 Å². The molecule has 6 nitrogen and oxygen atoms in total. The molecule has 2 rings (SSSR count). The molecule has 7 heteroatoms. The van der Waals surface area contributed by atoms with Crippen molar-refractivity contribution in [2.45, 2.75) is 38.0 Å². The Morgan fingerprint density at radius 3 is 2.70 bits per heavy atom. The molecule has 1 fully saturated rings. The first-order valence-electron chi connectivity index (χ1n) is 7.22. The minimum absolute atomic E-state index is 0.124. The third kappa shape index (κ3) is 3.83. The van der Waals surface area contributed by atoms with Gasteiger partial charge in [-0.05, 0) is 26.8 Å². The van der Waals surface area contributed by atoms with E-state index in [1.54, 1.807) is 45.0 Å². The quantitative estimate of drug-likeness (QED) is 0.859. The van der Waals surface area contributed by atoms with E-state index in [0.717, 1.165) is 0 Å². The third-order valence-corrected chi connectivity index (χ3v) is 3.70. The van der Waals surface area contributed by atoms with Crippen molar-refractivity contribution in [1.29, 1.82) is 0 Å². The van der Waals surface area contributed by atoms with Gasteiger partial charge in [-0.15, -0.1) is 0 Å². The number of aliphatic hydroxyl groups is 1. The zero-order valence-corrected chi connectivity index (χ0v) is 14.0. The molecule has 1 aromatic carbocycles. The van der Waals surface area contributed by atoms with Crippen molar-refractivity contribution in [3.05, 3.63) is 34.9 Å². The molecule has 1 aliphatic heterocycles. The first-order chi connectivity index (χ1) is 10.7. The van der Waals surface area contributed by atoms with Crippen LogP contribution in [-0.2, 0) is 19.8 Å². The molecule has 2 unspecified atom stereocenters. The van der Waals surface area contributed by atoms with Crippen LogP contribution in [0.3, 0.4) is 0 Å². The molecule has 1 heterocycles. The van der Waals surface area contributed by atoms with Crippen LogP contribution in [0.5, 0.6) is 0 Å². The van der Waals surface area contributed by atoms with Crippen LogP contribution in [-0.4, -0.2) is 41.9 Å². The van der Waals surface area contributed by atoms with Crippen LogP contribution in [0.15, 0.2) is 24.3 Å². The lowest BCUT2D eigenvalue weighted by atomic mass is 9.82. The molecule has 1 amide bonds. The number of carbonyl (C=O) groups excluding carboxylic acids is 2. The molecule has 23 heavy (non-hydrogen) atoms. The maximum absolute atomic E-state index is 12.6. The molecule has 1 saturated heterocycles. The average molecular weight is 342 g/mol. The second kappa shape index (κ2) is 6.47. The van der Waals surface area contributed by atoms with Gasteiger partial charge in [-0.25, -0.2) is 4.79 Å². The number of benzene rings is 1. The normalized spacial score (nSPS) is 25.1. The van der Waals surface area contributed by atoms with Gasteiger partial charge in [0.25, 0.3) is 0 Å². The van der Waals surface area contributed by atoms with Crippen LogP contribution >= 0.6 is 11.6 Å². The van der Waals surface area contributed by atoms with Gasteiger partial charge in [0.1, 0.15) is 11.7 Å². The zero-order chi connectivity index (χ0) is 17.3. The fraction of sp³-hybridized carbons (Fsp3) is 0.500. The SMILES string of the molecule is CC(C)(C)OC(=O)NC1(c2ccccc2Cl)COCC(O)C1=O. The Morgan fingerprint density at radius 2 is 2.09 bits per heavy atom. The van der Waals surface area contributed by atoms with E-state index < -0.39 is 29.1 Å². The molecule has 2 atom stereocenters. The summed E-state index contributed by atoms with van der Waals surface area (Å²) in [7, 11) is 0. The van der Waals surface area contributed by atoms with Crippen LogP contribution in [0.4, 0.5) is 4.79 Å². The molecule has 126 valence electrons. The smallest absolute Gasteiger partial charge is 0.408 e. The number of aliphatic hydroxyl groups excluding tert-OH is 1. The standard InChI is InChI=1S/C16H20ClNO5/c1-15(2,3)23-14(21)18-16(9-22-8-12(19)13(16)20)10-6-4-5-7-11(10)17/h4-7,12,19H,8-9H2,1-3H3,(H,18,21). The average Bonchev–Trinajstić information content (AvgIpc) is 2.42. The van der Waals surface area contributed by atoms with E-state index in [9.17, 15) is 14.7 Å². The van der Waals surface area contributed by atoms with Crippen molar-refractivity contribution in [3.8, 4) is 0 Å². The summed E-state index contributed by atoms with van der Waals surface area (Å²) >= 11 is 6.20. The highest BCUT2D eigenvalue weighted by molar-refractivity contribution is 6.31. The predicted molar refractivity (Wildman–Crippen MR) is 84.3 cm³/mol. The van der Waals surface area contributed by atoms with E-state index in [0.29, 0.717) is 5.56 Å². The highest BCUT2D eigenvalue weighted by Crippen LogP contribution is 2.33. The lowest BCUT2D eigenvalue weighted by molar-refractivity contribution is -0.150. The zero-order valence-electron chi connectivity index (χ0n) is 13.3. The summed E-state index contributed by atoms with van der Waals surface area (Å²) in [5, 5.41) is 12.7. The molecule has 0 saturated carbocycles. The Hall–Kier alpha value is -1.63. The molecular weight excluding hydrogens is 322 g/mol. The molecule has 0 radical (unpaired) electrons. The Labute approximate surface area is 139 Å². The second-order valence-electron chi connectivity index (χ2n) is 6.41. The first kappa shape index (κ1) is 17.7. The molecule has 1 aromatic rings. The molecule has 1 aliphatic rings. The minimum Gasteiger partial charge on any atom is -0.444 e. The van der Waals surface area contributed by atoms with Crippen LogP contribution in [0.1, 0.15) is 26.3 Å². The number of rotatable bonds is 2. The van der Waals surface area contributed by atoms with Gasteiger partial charge < -0.3 is 19.9 Å². The van der Waals surface area contributed by atoms with E-state index in [1.807, 2.05) is 0 Å². The number of hydrogen-bond donors (Lipinski definition) is 2. The van der Waals surface area contributed by atoms with Crippen molar-refractivity contribution in [2.24, 2.45) is 0 Å². The predicted octanol–water partition coefficient (Wildman–Crippen LogP) is 2.02. The van der Waals surface area contributed by atoms with E-state index in [4.69, 9.17) is 21.1 Å². The third-order valence-electron chi connectivity index (χ3n) is 3.37. The number of Topliss-reactive ketones (excluding diaryl/α,β-unsaturated/α-hetero) is 1. The lowest BCUT2D eigenvalue weighted by Gasteiger charge is -2.39. The number of ether oxygens (including phenoxy) is 2.